The second kappa shape index (κ2) is 9.64. The van der Waals surface area contributed by atoms with Crippen LogP contribution in [0.25, 0.3) is 0 Å². The first kappa shape index (κ1) is 21.5. The SMILES string of the molecule is CC(=O)C1CC(C(=O)NC2CCN(C(=O)Nc3ccccc3)CC2)=NN1c1ccccc1. The van der Waals surface area contributed by atoms with Crippen molar-refractivity contribution in [3.63, 3.8) is 0 Å². The number of benzene rings is 2. The fourth-order valence-electron chi connectivity index (χ4n) is 4.00. The average molecular weight is 434 g/mol. The Labute approximate surface area is 187 Å². The van der Waals surface area contributed by atoms with Gasteiger partial charge in [0.1, 0.15) is 11.8 Å². The standard InChI is InChI=1S/C24H27N5O3/c1-17(30)22-16-21(27-29(22)20-10-6-3-7-11-20)23(31)25-19-12-14-28(15-13-19)24(32)26-18-8-4-2-5-9-18/h2-11,19,22H,12-16H2,1H3,(H,25,31)(H,26,32). The van der Waals surface area contributed by atoms with Crippen LogP contribution in [0.3, 0.4) is 0 Å². The summed E-state index contributed by atoms with van der Waals surface area (Å²) in [5.41, 5.74) is 1.90. The number of anilines is 2. The number of piperidine rings is 1. The summed E-state index contributed by atoms with van der Waals surface area (Å²) in [4.78, 5) is 39.2. The normalized spacial score (nSPS) is 18.8. The molecule has 2 N–H and O–H groups in total. The number of likely N-dealkylation sites (tertiary alicyclic amines) is 1. The topological polar surface area (TPSA) is 94.1 Å². The van der Waals surface area contributed by atoms with E-state index in [1.807, 2.05) is 60.7 Å². The van der Waals surface area contributed by atoms with Gasteiger partial charge in [-0.05, 0) is 44.0 Å². The third kappa shape index (κ3) is 4.96. The molecule has 0 saturated carbocycles. The zero-order valence-electron chi connectivity index (χ0n) is 18.0. The van der Waals surface area contributed by atoms with Crippen molar-refractivity contribution in [2.24, 2.45) is 5.10 Å². The van der Waals surface area contributed by atoms with Gasteiger partial charge in [-0.25, -0.2) is 4.79 Å². The molecule has 0 spiro atoms. The molecule has 2 aliphatic rings. The Morgan fingerprint density at radius 3 is 2.19 bits per heavy atom. The monoisotopic (exact) mass is 433 g/mol. The Morgan fingerprint density at radius 2 is 1.56 bits per heavy atom. The summed E-state index contributed by atoms with van der Waals surface area (Å²) >= 11 is 0. The van der Waals surface area contributed by atoms with E-state index in [1.165, 1.54) is 6.92 Å². The zero-order valence-corrected chi connectivity index (χ0v) is 18.0. The predicted molar refractivity (Wildman–Crippen MR) is 124 cm³/mol. The predicted octanol–water partition coefficient (Wildman–Crippen LogP) is 3.02. The van der Waals surface area contributed by atoms with Crippen molar-refractivity contribution in [1.29, 1.82) is 0 Å². The summed E-state index contributed by atoms with van der Waals surface area (Å²) in [6.07, 6.45) is 1.62. The molecule has 8 heteroatoms. The number of rotatable bonds is 5. The molecule has 0 aliphatic carbocycles. The highest BCUT2D eigenvalue weighted by Gasteiger charge is 2.35. The maximum Gasteiger partial charge on any atom is 0.321 e. The highest BCUT2D eigenvalue weighted by atomic mass is 16.2. The minimum absolute atomic E-state index is 0.0295. The Balaban J connectivity index is 1.32. The van der Waals surface area contributed by atoms with Crippen molar-refractivity contribution >= 4 is 34.8 Å². The van der Waals surface area contributed by atoms with Gasteiger partial charge in [0.05, 0.1) is 5.69 Å². The van der Waals surface area contributed by atoms with Crippen molar-refractivity contribution in [3.8, 4) is 0 Å². The van der Waals surface area contributed by atoms with Crippen LogP contribution >= 0.6 is 0 Å². The number of urea groups is 1. The number of para-hydroxylation sites is 2. The van der Waals surface area contributed by atoms with Crippen LogP contribution in [0.2, 0.25) is 0 Å². The molecule has 0 radical (unpaired) electrons. The molecule has 2 aromatic rings. The van der Waals surface area contributed by atoms with E-state index in [9.17, 15) is 14.4 Å². The molecule has 0 aromatic heterocycles. The lowest BCUT2D eigenvalue weighted by atomic mass is 10.0. The molecule has 1 saturated heterocycles. The van der Waals surface area contributed by atoms with E-state index in [0.29, 0.717) is 31.6 Å². The molecule has 32 heavy (non-hydrogen) atoms. The van der Waals surface area contributed by atoms with Crippen molar-refractivity contribution in [2.45, 2.75) is 38.3 Å². The van der Waals surface area contributed by atoms with Gasteiger partial charge >= 0.3 is 6.03 Å². The van der Waals surface area contributed by atoms with Crippen LogP contribution in [0.1, 0.15) is 26.2 Å². The maximum absolute atomic E-state index is 12.8. The van der Waals surface area contributed by atoms with Crippen molar-refractivity contribution in [2.75, 3.05) is 23.4 Å². The van der Waals surface area contributed by atoms with E-state index in [2.05, 4.69) is 15.7 Å². The summed E-state index contributed by atoms with van der Waals surface area (Å²) < 4.78 is 0. The summed E-state index contributed by atoms with van der Waals surface area (Å²) in [5, 5.41) is 12.0. The largest absolute Gasteiger partial charge is 0.348 e. The fraction of sp³-hybridized carbons (Fsp3) is 0.333. The first-order valence-corrected chi connectivity index (χ1v) is 10.9. The molecular weight excluding hydrogens is 406 g/mol. The molecule has 0 bridgehead atoms. The van der Waals surface area contributed by atoms with Crippen LogP contribution in [0, 0.1) is 0 Å². The maximum atomic E-state index is 12.8. The number of nitrogens with one attached hydrogen (secondary N) is 2. The summed E-state index contributed by atoms with van der Waals surface area (Å²) in [6, 6.07) is 18.1. The zero-order chi connectivity index (χ0) is 22.5. The van der Waals surface area contributed by atoms with Crippen LogP contribution < -0.4 is 15.6 Å². The van der Waals surface area contributed by atoms with Crippen LogP contribution in [0.4, 0.5) is 16.2 Å². The third-order valence-corrected chi connectivity index (χ3v) is 5.80. The van der Waals surface area contributed by atoms with Gasteiger partial charge in [-0.2, -0.15) is 5.10 Å². The van der Waals surface area contributed by atoms with Gasteiger partial charge in [-0.3, -0.25) is 14.6 Å². The first-order valence-electron chi connectivity index (χ1n) is 10.9. The molecule has 8 nitrogen and oxygen atoms in total. The van der Waals surface area contributed by atoms with Crippen molar-refractivity contribution in [3.05, 3.63) is 60.7 Å². The molecule has 1 unspecified atom stereocenters. The van der Waals surface area contributed by atoms with E-state index >= 15 is 0 Å². The molecule has 1 atom stereocenters. The number of carbonyl (C=O) groups is 3. The molecule has 4 rings (SSSR count). The van der Waals surface area contributed by atoms with E-state index in [1.54, 1.807) is 9.91 Å². The van der Waals surface area contributed by atoms with Crippen LogP contribution in [0.5, 0.6) is 0 Å². The minimum atomic E-state index is -0.471. The number of carbonyl (C=O) groups excluding carboxylic acids is 3. The van der Waals surface area contributed by atoms with Gasteiger partial charge in [0, 0.05) is 31.2 Å². The number of hydrogen-bond acceptors (Lipinski definition) is 5. The van der Waals surface area contributed by atoms with Gasteiger partial charge in [0.25, 0.3) is 5.91 Å². The lowest BCUT2D eigenvalue weighted by Crippen LogP contribution is -2.49. The van der Waals surface area contributed by atoms with E-state index in [-0.39, 0.29) is 30.2 Å². The molecule has 166 valence electrons. The van der Waals surface area contributed by atoms with E-state index < -0.39 is 6.04 Å². The first-order chi connectivity index (χ1) is 15.5. The second-order valence-corrected chi connectivity index (χ2v) is 8.09. The highest BCUT2D eigenvalue weighted by Crippen LogP contribution is 2.25. The van der Waals surface area contributed by atoms with Crippen LogP contribution in [-0.4, -0.2) is 53.5 Å². The Morgan fingerprint density at radius 1 is 0.938 bits per heavy atom. The summed E-state index contributed by atoms with van der Waals surface area (Å²) in [6.45, 7) is 2.64. The highest BCUT2D eigenvalue weighted by molar-refractivity contribution is 6.40. The van der Waals surface area contributed by atoms with Gasteiger partial charge in [0.15, 0.2) is 5.78 Å². The number of ketones is 1. The van der Waals surface area contributed by atoms with Gasteiger partial charge < -0.3 is 15.5 Å². The molecule has 2 heterocycles. The Bertz CT molecular complexity index is 1000. The number of Topliss-reactive ketones (excluding diaryl/α,β-unsaturated/α-hetero) is 1. The smallest absolute Gasteiger partial charge is 0.321 e. The average Bonchev–Trinajstić information content (AvgIpc) is 3.27. The molecule has 2 aliphatic heterocycles. The summed E-state index contributed by atoms with van der Waals surface area (Å²) in [5.74, 6) is -0.278. The third-order valence-electron chi connectivity index (χ3n) is 5.80. The molecule has 1 fully saturated rings. The number of hydrogen-bond donors (Lipinski definition) is 2. The minimum Gasteiger partial charge on any atom is -0.348 e. The van der Waals surface area contributed by atoms with Gasteiger partial charge in [-0.15, -0.1) is 0 Å². The van der Waals surface area contributed by atoms with E-state index in [0.717, 1.165) is 11.4 Å². The van der Waals surface area contributed by atoms with Crippen molar-refractivity contribution < 1.29 is 14.4 Å². The Hall–Kier alpha value is -3.68. The molecular formula is C24H27N5O3. The number of nitrogens with zero attached hydrogens (tertiary/aromatic N) is 3. The number of hydrazone groups is 1. The van der Waals surface area contributed by atoms with Gasteiger partial charge in [0.2, 0.25) is 0 Å². The van der Waals surface area contributed by atoms with Gasteiger partial charge in [-0.1, -0.05) is 36.4 Å². The number of amides is 3. The molecule has 2 aromatic carbocycles. The Kier molecular flexibility index (Phi) is 6.49. The van der Waals surface area contributed by atoms with Crippen molar-refractivity contribution in [1.82, 2.24) is 10.2 Å². The lowest BCUT2D eigenvalue weighted by molar-refractivity contribution is -0.118. The quantitative estimate of drug-likeness (QED) is 0.758. The second-order valence-electron chi connectivity index (χ2n) is 8.09. The van der Waals surface area contributed by atoms with E-state index in [4.69, 9.17) is 0 Å². The fourth-order valence-corrected chi connectivity index (χ4v) is 4.00. The van der Waals surface area contributed by atoms with Crippen LogP contribution in [-0.2, 0) is 9.59 Å². The lowest BCUT2D eigenvalue weighted by Gasteiger charge is -2.32. The van der Waals surface area contributed by atoms with Crippen LogP contribution in [0.15, 0.2) is 65.8 Å². The summed E-state index contributed by atoms with van der Waals surface area (Å²) in [7, 11) is 0. The molecule has 3 amide bonds.